The van der Waals surface area contributed by atoms with Crippen molar-refractivity contribution in [3.05, 3.63) is 30.2 Å². The van der Waals surface area contributed by atoms with E-state index in [-0.39, 0.29) is 24.8 Å². The summed E-state index contributed by atoms with van der Waals surface area (Å²) in [4.78, 5) is 20.2. The Labute approximate surface area is 157 Å². The van der Waals surface area contributed by atoms with Gasteiger partial charge in [-0.2, -0.15) is 0 Å². The third kappa shape index (κ3) is 3.27. The van der Waals surface area contributed by atoms with E-state index in [1.165, 1.54) is 6.42 Å². The first-order chi connectivity index (χ1) is 13.3. The second kappa shape index (κ2) is 6.88. The van der Waals surface area contributed by atoms with Crippen LogP contribution in [0.15, 0.2) is 24.4 Å². The molecular formula is C20H24N4O3. The lowest BCUT2D eigenvalue weighted by Crippen LogP contribution is -2.62. The Balaban J connectivity index is 1.22. The van der Waals surface area contributed by atoms with Crippen LogP contribution in [0.1, 0.15) is 37.9 Å². The normalized spacial score (nSPS) is 26.5. The van der Waals surface area contributed by atoms with Crippen molar-refractivity contribution < 1.29 is 14.3 Å². The summed E-state index contributed by atoms with van der Waals surface area (Å²) in [5.41, 5.74) is 1.98. The van der Waals surface area contributed by atoms with Gasteiger partial charge in [-0.1, -0.05) is 12.8 Å². The zero-order valence-electron chi connectivity index (χ0n) is 15.2. The second-order valence-corrected chi connectivity index (χ2v) is 7.58. The number of fused-ring (bicyclic) bond motifs is 2. The highest BCUT2D eigenvalue weighted by molar-refractivity contribution is 5.80. The molecule has 1 amide bonds. The summed E-state index contributed by atoms with van der Waals surface area (Å²) in [7, 11) is 0. The number of carbonyl (C=O) groups excluding carboxylic acids is 1. The molecule has 7 heteroatoms. The van der Waals surface area contributed by atoms with E-state index in [9.17, 15) is 4.79 Å². The lowest BCUT2D eigenvalue weighted by Gasteiger charge is -2.40. The second-order valence-electron chi connectivity index (χ2n) is 7.58. The quantitative estimate of drug-likeness (QED) is 0.771. The number of carbonyl (C=O) groups is 1. The first-order valence-electron chi connectivity index (χ1n) is 9.76. The molecular weight excluding hydrogens is 344 g/mol. The average Bonchev–Trinajstić information content (AvgIpc) is 3.35. The van der Waals surface area contributed by atoms with Crippen molar-refractivity contribution >= 4 is 5.91 Å². The summed E-state index contributed by atoms with van der Waals surface area (Å²) >= 11 is 0. The third-order valence-corrected chi connectivity index (χ3v) is 5.82. The van der Waals surface area contributed by atoms with Crippen molar-refractivity contribution in [3.63, 3.8) is 0 Å². The van der Waals surface area contributed by atoms with Gasteiger partial charge >= 0.3 is 0 Å². The van der Waals surface area contributed by atoms with Gasteiger partial charge in [0, 0.05) is 18.0 Å². The van der Waals surface area contributed by atoms with Crippen molar-refractivity contribution in [2.24, 2.45) is 5.92 Å². The molecule has 3 unspecified atom stereocenters. The molecule has 2 fully saturated rings. The van der Waals surface area contributed by atoms with Crippen LogP contribution in [0, 0.1) is 5.92 Å². The molecule has 2 aliphatic heterocycles. The topological polar surface area (TPSA) is 88.3 Å². The van der Waals surface area contributed by atoms with Gasteiger partial charge in [-0.05, 0) is 37.5 Å². The summed E-state index contributed by atoms with van der Waals surface area (Å²) < 4.78 is 10.8. The smallest absolute Gasteiger partial charge is 0.231 e. The number of benzene rings is 1. The lowest BCUT2D eigenvalue weighted by atomic mass is 9.82. The van der Waals surface area contributed by atoms with Crippen molar-refractivity contribution in [1.82, 2.24) is 20.6 Å². The number of ether oxygens (including phenoxy) is 2. The highest BCUT2D eigenvalue weighted by Gasteiger charge is 2.37. The average molecular weight is 368 g/mol. The van der Waals surface area contributed by atoms with Crippen molar-refractivity contribution in [2.75, 3.05) is 6.79 Å². The molecule has 3 aliphatic rings. The maximum absolute atomic E-state index is 12.3. The van der Waals surface area contributed by atoms with Gasteiger partial charge in [0.1, 0.15) is 5.82 Å². The molecule has 0 spiro atoms. The molecule has 3 atom stereocenters. The molecule has 3 heterocycles. The number of nitrogens with zero attached hydrogens (tertiary/aromatic N) is 1. The molecule has 5 rings (SSSR count). The van der Waals surface area contributed by atoms with Gasteiger partial charge in [0.05, 0.1) is 24.0 Å². The third-order valence-electron chi connectivity index (χ3n) is 5.82. The summed E-state index contributed by atoms with van der Waals surface area (Å²) in [5.74, 6) is 2.82. The summed E-state index contributed by atoms with van der Waals surface area (Å²) in [6, 6.07) is 6.21. The molecule has 7 nitrogen and oxygen atoms in total. The fourth-order valence-electron chi connectivity index (χ4n) is 4.36. The van der Waals surface area contributed by atoms with E-state index < -0.39 is 0 Å². The van der Waals surface area contributed by atoms with E-state index in [4.69, 9.17) is 9.47 Å². The Bertz CT molecular complexity index is 850. The minimum absolute atomic E-state index is 0.0240. The highest BCUT2D eigenvalue weighted by atomic mass is 16.7. The van der Waals surface area contributed by atoms with E-state index >= 15 is 0 Å². The number of hydrogen-bond donors (Lipinski definition) is 3. The SMILES string of the molecule is O=C1NC(CCc2ncc(-c3ccc4c(c3)OCO4)[nH]2)NC2CCCCC12. The zero-order valence-corrected chi connectivity index (χ0v) is 15.2. The van der Waals surface area contributed by atoms with E-state index in [1.54, 1.807) is 0 Å². The standard InChI is InChI=1S/C20H24N4O3/c25-20-13-3-1-2-4-14(13)22-19(24-20)8-7-18-21-10-15(23-18)12-5-6-16-17(9-12)27-11-26-16/h5-6,9-10,13-14,19,22H,1-4,7-8,11H2,(H,21,23)(H,24,25). The van der Waals surface area contributed by atoms with Gasteiger partial charge in [0.25, 0.3) is 0 Å². The van der Waals surface area contributed by atoms with Crippen molar-refractivity contribution in [1.29, 1.82) is 0 Å². The number of aryl methyl sites for hydroxylation is 1. The Kier molecular flexibility index (Phi) is 4.24. The minimum atomic E-state index is 0.0240. The number of aromatic amines is 1. The van der Waals surface area contributed by atoms with Crippen LogP contribution in [0.25, 0.3) is 11.3 Å². The largest absolute Gasteiger partial charge is 0.454 e. The van der Waals surface area contributed by atoms with Crippen LogP contribution in [0.4, 0.5) is 0 Å². The predicted molar refractivity (Wildman–Crippen MR) is 99.3 cm³/mol. The van der Waals surface area contributed by atoms with Crippen LogP contribution in [-0.2, 0) is 11.2 Å². The van der Waals surface area contributed by atoms with E-state index in [0.29, 0.717) is 6.04 Å². The number of H-pyrrole nitrogens is 1. The van der Waals surface area contributed by atoms with Crippen molar-refractivity contribution in [3.8, 4) is 22.8 Å². The number of amides is 1. The highest BCUT2D eigenvalue weighted by Crippen LogP contribution is 2.35. The maximum Gasteiger partial charge on any atom is 0.231 e. The van der Waals surface area contributed by atoms with Gasteiger partial charge in [-0.15, -0.1) is 0 Å². The Morgan fingerprint density at radius 1 is 1.15 bits per heavy atom. The molecule has 1 aromatic carbocycles. The Morgan fingerprint density at radius 3 is 3.00 bits per heavy atom. The molecule has 27 heavy (non-hydrogen) atoms. The summed E-state index contributed by atoms with van der Waals surface area (Å²) in [5, 5.41) is 6.75. The van der Waals surface area contributed by atoms with Gasteiger partial charge in [-0.25, -0.2) is 4.98 Å². The molecule has 3 N–H and O–H groups in total. The number of rotatable bonds is 4. The number of aromatic nitrogens is 2. The number of imidazole rings is 1. The van der Waals surface area contributed by atoms with Crippen LogP contribution in [0.5, 0.6) is 11.5 Å². The molecule has 142 valence electrons. The van der Waals surface area contributed by atoms with Crippen LogP contribution < -0.4 is 20.1 Å². The first-order valence-corrected chi connectivity index (χ1v) is 9.76. The molecule has 0 bridgehead atoms. The van der Waals surface area contributed by atoms with Crippen LogP contribution in [-0.4, -0.2) is 34.9 Å². The van der Waals surface area contributed by atoms with Gasteiger partial charge < -0.3 is 19.8 Å². The number of nitrogens with one attached hydrogen (secondary N) is 3. The fourth-order valence-corrected chi connectivity index (χ4v) is 4.36. The predicted octanol–water partition coefficient (Wildman–Crippen LogP) is 2.34. The minimum Gasteiger partial charge on any atom is -0.454 e. The molecule has 1 aliphatic carbocycles. The van der Waals surface area contributed by atoms with Gasteiger partial charge in [0.15, 0.2) is 11.5 Å². The van der Waals surface area contributed by atoms with E-state index in [2.05, 4.69) is 20.6 Å². The van der Waals surface area contributed by atoms with E-state index in [1.807, 2.05) is 24.4 Å². The molecule has 1 saturated heterocycles. The molecule has 2 aromatic rings. The monoisotopic (exact) mass is 368 g/mol. The van der Waals surface area contributed by atoms with Gasteiger partial charge in [-0.3, -0.25) is 10.1 Å². The lowest BCUT2D eigenvalue weighted by molar-refractivity contribution is -0.130. The van der Waals surface area contributed by atoms with Crippen molar-refractivity contribution in [2.45, 2.75) is 50.7 Å². The summed E-state index contributed by atoms with van der Waals surface area (Å²) in [6.07, 6.45) is 7.95. The van der Waals surface area contributed by atoms with Gasteiger partial charge in [0.2, 0.25) is 12.7 Å². The van der Waals surface area contributed by atoms with Crippen LogP contribution in [0.3, 0.4) is 0 Å². The summed E-state index contributed by atoms with van der Waals surface area (Å²) in [6.45, 7) is 0.273. The number of hydrogen-bond acceptors (Lipinski definition) is 5. The molecule has 1 aromatic heterocycles. The Morgan fingerprint density at radius 2 is 2.04 bits per heavy atom. The maximum atomic E-state index is 12.3. The Hall–Kier alpha value is -2.54. The zero-order chi connectivity index (χ0) is 18.2. The molecule has 0 radical (unpaired) electrons. The first kappa shape index (κ1) is 16.6. The fraction of sp³-hybridized carbons (Fsp3) is 0.500. The van der Waals surface area contributed by atoms with E-state index in [0.717, 1.165) is 60.7 Å². The van der Waals surface area contributed by atoms with Crippen LogP contribution in [0.2, 0.25) is 0 Å². The van der Waals surface area contributed by atoms with Crippen LogP contribution >= 0.6 is 0 Å². The molecule has 1 saturated carbocycles.